The van der Waals surface area contributed by atoms with Gasteiger partial charge in [-0.05, 0) is 19.4 Å². The van der Waals surface area contributed by atoms with Crippen LogP contribution in [0.3, 0.4) is 0 Å². The Hall–Kier alpha value is -0.130. The lowest BCUT2D eigenvalue weighted by atomic mass is 10.2. The van der Waals surface area contributed by atoms with Crippen LogP contribution in [0.15, 0.2) is 0 Å². The minimum Gasteiger partial charge on any atom is -0.313 e. The second-order valence-electron chi connectivity index (χ2n) is 2.91. The molecule has 1 aliphatic heterocycles. The first-order chi connectivity index (χ1) is 6.08. The van der Waals surface area contributed by atoms with E-state index < -0.39 is 10.0 Å². The number of nitrogens with one attached hydrogen (secondary N) is 2. The Kier molecular flexibility index (Phi) is 6.28. The van der Waals surface area contributed by atoms with E-state index >= 15 is 0 Å². The summed E-state index contributed by atoms with van der Waals surface area (Å²) in [5, 5.41) is 3.20. The fourth-order valence-corrected chi connectivity index (χ4v) is 1.69. The summed E-state index contributed by atoms with van der Waals surface area (Å²) in [6, 6.07) is 0.338. The van der Waals surface area contributed by atoms with Crippen LogP contribution in [0.1, 0.15) is 26.7 Å². The van der Waals surface area contributed by atoms with Crippen molar-refractivity contribution in [2.45, 2.75) is 32.7 Å². The summed E-state index contributed by atoms with van der Waals surface area (Å²) < 4.78 is 23.8. The molecule has 0 spiro atoms. The molecule has 0 amide bonds. The summed E-state index contributed by atoms with van der Waals surface area (Å²) >= 11 is 0. The summed E-state index contributed by atoms with van der Waals surface area (Å²) in [5.41, 5.74) is 0. The molecular weight excluding hydrogens is 188 g/mol. The molecule has 80 valence electrons. The Morgan fingerprint density at radius 3 is 2.46 bits per heavy atom. The minimum absolute atomic E-state index is 0.338. The zero-order chi connectivity index (χ0) is 10.3. The number of rotatable bonds is 3. The van der Waals surface area contributed by atoms with Crippen molar-refractivity contribution in [3.63, 3.8) is 0 Å². The number of hydrogen-bond donors (Lipinski definition) is 2. The molecule has 1 rings (SSSR count). The van der Waals surface area contributed by atoms with Crippen LogP contribution in [0, 0.1) is 0 Å². The molecule has 5 heteroatoms. The lowest BCUT2D eigenvalue weighted by Gasteiger charge is -2.09. The maximum absolute atomic E-state index is 10.6. The predicted molar refractivity (Wildman–Crippen MR) is 55.2 cm³/mol. The van der Waals surface area contributed by atoms with E-state index in [1.165, 1.54) is 6.26 Å². The zero-order valence-electron chi connectivity index (χ0n) is 8.63. The first-order valence-corrected chi connectivity index (χ1v) is 6.65. The molecule has 0 radical (unpaired) electrons. The molecule has 4 nitrogen and oxygen atoms in total. The molecule has 1 unspecified atom stereocenters. The van der Waals surface area contributed by atoms with Gasteiger partial charge in [-0.3, -0.25) is 0 Å². The van der Waals surface area contributed by atoms with Crippen molar-refractivity contribution in [1.82, 2.24) is 10.0 Å². The van der Waals surface area contributed by atoms with E-state index in [0.29, 0.717) is 12.6 Å². The highest BCUT2D eigenvalue weighted by Crippen LogP contribution is 2.03. The monoisotopic (exact) mass is 208 g/mol. The molecule has 1 heterocycles. The van der Waals surface area contributed by atoms with E-state index in [1.54, 1.807) is 0 Å². The van der Waals surface area contributed by atoms with E-state index in [9.17, 15) is 8.42 Å². The van der Waals surface area contributed by atoms with Crippen molar-refractivity contribution in [3.05, 3.63) is 0 Å². The molecule has 0 aromatic carbocycles. The molecule has 1 fully saturated rings. The van der Waals surface area contributed by atoms with Crippen LogP contribution in [-0.4, -0.2) is 33.8 Å². The van der Waals surface area contributed by atoms with Gasteiger partial charge in [0.15, 0.2) is 0 Å². The van der Waals surface area contributed by atoms with Gasteiger partial charge in [0.2, 0.25) is 10.0 Å². The maximum atomic E-state index is 10.6. The van der Waals surface area contributed by atoms with Crippen molar-refractivity contribution < 1.29 is 8.42 Å². The molecule has 0 bridgehead atoms. The zero-order valence-corrected chi connectivity index (χ0v) is 9.45. The number of sulfonamides is 1. The number of hydrogen-bond acceptors (Lipinski definition) is 3. The topological polar surface area (TPSA) is 58.2 Å². The Balaban J connectivity index is 0.000000671. The van der Waals surface area contributed by atoms with Gasteiger partial charge in [0.25, 0.3) is 0 Å². The first-order valence-electron chi connectivity index (χ1n) is 4.76. The van der Waals surface area contributed by atoms with Crippen LogP contribution in [0.5, 0.6) is 0 Å². The average molecular weight is 208 g/mol. The SMILES string of the molecule is CC.CS(=O)(=O)NCC1CCCN1. The van der Waals surface area contributed by atoms with E-state index in [1.807, 2.05) is 13.8 Å². The highest BCUT2D eigenvalue weighted by atomic mass is 32.2. The predicted octanol–water partition coefficient (Wildman–Crippen LogP) is 0.314. The molecule has 1 atom stereocenters. The molecule has 0 aliphatic carbocycles. The van der Waals surface area contributed by atoms with Crippen LogP contribution in [-0.2, 0) is 10.0 Å². The molecule has 0 aromatic heterocycles. The standard InChI is InChI=1S/C6H14N2O2S.C2H6/c1-11(9,10)8-5-6-3-2-4-7-6;1-2/h6-8H,2-5H2,1H3;1-2H3. The van der Waals surface area contributed by atoms with E-state index in [0.717, 1.165) is 19.4 Å². The lowest BCUT2D eigenvalue weighted by molar-refractivity contribution is 0.556. The van der Waals surface area contributed by atoms with Crippen LogP contribution in [0.4, 0.5) is 0 Å². The Bertz CT molecular complexity index is 208. The molecule has 0 saturated carbocycles. The van der Waals surface area contributed by atoms with Crippen LogP contribution in [0.2, 0.25) is 0 Å². The fraction of sp³-hybridized carbons (Fsp3) is 1.00. The third-order valence-electron chi connectivity index (χ3n) is 1.75. The van der Waals surface area contributed by atoms with Crippen molar-refractivity contribution in [3.8, 4) is 0 Å². The van der Waals surface area contributed by atoms with Gasteiger partial charge in [0, 0.05) is 12.6 Å². The highest BCUT2D eigenvalue weighted by Gasteiger charge is 2.14. The van der Waals surface area contributed by atoms with E-state index in [4.69, 9.17) is 0 Å². The minimum atomic E-state index is -3.00. The van der Waals surface area contributed by atoms with Gasteiger partial charge in [-0.25, -0.2) is 13.1 Å². The summed E-state index contributed by atoms with van der Waals surface area (Å²) in [5.74, 6) is 0. The first kappa shape index (κ1) is 12.9. The maximum Gasteiger partial charge on any atom is 0.208 e. The van der Waals surface area contributed by atoms with Crippen LogP contribution < -0.4 is 10.0 Å². The molecule has 1 aliphatic rings. The van der Waals surface area contributed by atoms with Gasteiger partial charge >= 0.3 is 0 Å². The lowest BCUT2D eigenvalue weighted by Crippen LogP contribution is -2.36. The van der Waals surface area contributed by atoms with E-state index in [-0.39, 0.29) is 0 Å². The molecule has 1 saturated heterocycles. The molecular formula is C8H20N2O2S. The Labute approximate surface area is 81.2 Å². The smallest absolute Gasteiger partial charge is 0.208 e. The second kappa shape index (κ2) is 6.34. The van der Waals surface area contributed by atoms with Crippen molar-refractivity contribution in [2.24, 2.45) is 0 Å². The Morgan fingerprint density at radius 1 is 1.46 bits per heavy atom. The van der Waals surface area contributed by atoms with Gasteiger partial charge < -0.3 is 5.32 Å². The summed E-state index contributed by atoms with van der Waals surface area (Å²) in [6.07, 6.45) is 3.40. The van der Waals surface area contributed by atoms with Crippen LogP contribution >= 0.6 is 0 Å². The second-order valence-corrected chi connectivity index (χ2v) is 4.75. The third kappa shape index (κ3) is 6.98. The molecule has 2 N–H and O–H groups in total. The van der Waals surface area contributed by atoms with Crippen LogP contribution in [0.25, 0.3) is 0 Å². The Morgan fingerprint density at radius 2 is 2.08 bits per heavy atom. The van der Waals surface area contributed by atoms with Gasteiger partial charge in [-0.2, -0.15) is 0 Å². The summed E-state index contributed by atoms with van der Waals surface area (Å²) in [6.45, 7) is 5.54. The summed E-state index contributed by atoms with van der Waals surface area (Å²) in [4.78, 5) is 0. The van der Waals surface area contributed by atoms with Crippen molar-refractivity contribution in [2.75, 3.05) is 19.3 Å². The summed E-state index contributed by atoms with van der Waals surface area (Å²) in [7, 11) is -3.00. The van der Waals surface area contributed by atoms with E-state index in [2.05, 4.69) is 10.0 Å². The fourth-order valence-electron chi connectivity index (χ4n) is 1.18. The van der Waals surface area contributed by atoms with Crippen molar-refractivity contribution in [1.29, 1.82) is 0 Å². The molecule has 13 heavy (non-hydrogen) atoms. The highest BCUT2D eigenvalue weighted by molar-refractivity contribution is 7.88. The van der Waals surface area contributed by atoms with Gasteiger partial charge in [-0.1, -0.05) is 13.8 Å². The van der Waals surface area contributed by atoms with Gasteiger partial charge in [-0.15, -0.1) is 0 Å². The van der Waals surface area contributed by atoms with Gasteiger partial charge in [0.1, 0.15) is 0 Å². The average Bonchev–Trinajstić information content (AvgIpc) is 2.55. The van der Waals surface area contributed by atoms with Crippen molar-refractivity contribution >= 4 is 10.0 Å². The largest absolute Gasteiger partial charge is 0.313 e. The quantitative estimate of drug-likeness (QED) is 0.702. The third-order valence-corrected chi connectivity index (χ3v) is 2.45. The molecule has 0 aromatic rings. The van der Waals surface area contributed by atoms with Gasteiger partial charge in [0.05, 0.1) is 6.26 Å². The normalized spacial score (nSPS) is 22.2.